The highest BCUT2D eigenvalue weighted by Crippen LogP contribution is 2.22. The fourth-order valence-corrected chi connectivity index (χ4v) is 2.05. The highest BCUT2D eigenvalue weighted by atomic mass is 19.1. The predicted molar refractivity (Wildman–Crippen MR) is 93.8 cm³/mol. The third-order valence-corrected chi connectivity index (χ3v) is 3.46. The first-order valence-corrected chi connectivity index (χ1v) is 7.95. The van der Waals surface area contributed by atoms with Gasteiger partial charge in [-0.25, -0.2) is 4.79 Å². The molecule has 0 radical (unpaired) electrons. The summed E-state index contributed by atoms with van der Waals surface area (Å²) in [5, 5.41) is 13.1. The van der Waals surface area contributed by atoms with Crippen LogP contribution in [0.25, 0.3) is 0 Å². The summed E-state index contributed by atoms with van der Waals surface area (Å²) in [6, 6.07) is 11.5. The van der Waals surface area contributed by atoms with Gasteiger partial charge in [-0.1, -0.05) is 18.2 Å². The van der Waals surface area contributed by atoms with Crippen molar-refractivity contribution in [3.63, 3.8) is 0 Å². The van der Waals surface area contributed by atoms with Crippen LogP contribution < -0.4 is 10.1 Å². The maximum atomic E-state index is 13.3. The fraction of sp³-hybridized carbons (Fsp3) is 0.222. The largest absolute Gasteiger partial charge is 0.479 e. The van der Waals surface area contributed by atoms with Crippen molar-refractivity contribution < 1.29 is 28.4 Å². The predicted octanol–water partition coefficient (Wildman–Crippen LogP) is 3.07. The van der Waals surface area contributed by atoms with E-state index in [1.807, 2.05) is 0 Å². The topological polar surface area (TPSA) is 108 Å². The molecule has 0 saturated heterocycles. The molecule has 8 nitrogen and oxygen atoms in total. The minimum Gasteiger partial charge on any atom is -0.479 e. The summed E-state index contributed by atoms with van der Waals surface area (Å²) in [7, 11) is 0. The summed E-state index contributed by atoms with van der Waals surface area (Å²) in [4.78, 5) is 34.0. The number of rotatable bonds is 7. The number of nitro benzene ring substituents is 1. The van der Waals surface area contributed by atoms with E-state index >= 15 is 0 Å². The number of nitro groups is 1. The molecule has 0 aliphatic heterocycles. The van der Waals surface area contributed by atoms with Crippen molar-refractivity contribution in [3.8, 4) is 5.75 Å². The zero-order chi connectivity index (χ0) is 20.0. The molecular weight excluding hydrogens is 359 g/mol. The van der Waals surface area contributed by atoms with E-state index in [0.29, 0.717) is 5.75 Å². The van der Waals surface area contributed by atoms with Crippen molar-refractivity contribution in [2.24, 2.45) is 0 Å². The first-order chi connectivity index (χ1) is 12.8. The van der Waals surface area contributed by atoms with E-state index in [1.165, 1.54) is 13.8 Å². The Labute approximate surface area is 154 Å². The van der Waals surface area contributed by atoms with Crippen LogP contribution >= 0.6 is 0 Å². The highest BCUT2D eigenvalue weighted by molar-refractivity contribution is 5.95. The summed E-state index contributed by atoms with van der Waals surface area (Å²) >= 11 is 0. The van der Waals surface area contributed by atoms with Crippen molar-refractivity contribution in [3.05, 3.63) is 64.5 Å². The van der Waals surface area contributed by atoms with Crippen molar-refractivity contribution >= 4 is 23.3 Å². The zero-order valence-electron chi connectivity index (χ0n) is 14.5. The average Bonchev–Trinajstić information content (AvgIpc) is 2.63. The van der Waals surface area contributed by atoms with Crippen LogP contribution in [0.15, 0.2) is 48.5 Å². The Hall–Kier alpha value is -3.49. The van der Waals surface area contributed by atoms with Crippen LogP contribution in [0, 0.1) is 15.9 Å². The number of anilines is 1. The fourth-order valence-electron chi connectivity index (χ4n) is 2.05. The van der Waals surface area contributed by atoms with Crippen LogP contribution in [0.1, 0.15) is 13.8 Å². The lowest BCUT2D eigenvalue weighted by molar-refractivity contribution is -0.387. The van der Waals surface area contributed by atoms with Gasteiger partial charge in [-0.3, -0.25) is 14.9 Å². The molecule has 2 rings (SSSR count). The molecule has 27 heavy (non-hydrogen) atoms. The van der Waals surface area contributed by atoms with E-state index in [0.717, 1.165) is 18.2 Å². The van der Waals surface area contributed by atoms with Gasteiger partial charge in [-0.15, -0.1) is 0 Å². The Morgan fingerprint density at radius 3 is 2.41 bits per heavy atom. The minimum atomic E-state index is -1.19. The van der Waals surface area contributed by atoms with Gasteiger partial charge in [0.2, 0.25) is 5.82 Å². The number of amides is 1. The molecule has 0 bridgehead atoms. The van der Waals surface area contributed by atoms with Gasteiger partial charge in [-0.2, -0.15) is 4.39 Å². The number of carbonyl (C=O) groups is 2. The summed E-state index contributed by atoms with van der Waals surface area (Å²) in [6.07, 6.45) is -2.14. The Bertz CT molecular complexity index is 843. The third-order valence-electron chi connectivity index (χ3n) is 3.46. The monoisotopic (exact) mass is 376 g/mol. The maximum Gasteiger partial charge on any atom is 0.347 e. The normalized spacial score (nSPS) is 12.6. The molecule has 0 spiro atoms. The number of nitrogens with one attached hydrogen (secondary N) is 1. The molecule has 0 heterocycles. The van der Waals surface area contributed by atoms with Gasteiger partial charge < -0.3 is 14.8 Å². The molecule has 1 amide bonds. The number of ether oxygens (including phenoxy) is 2. The molecule has 0 aliphatic rings. The number of nitrogens with zero attached hydrogens (tertiary/aromatic N) is 1. The van der Waals surface area contributed by atoms with Crippen LogP contribution in [-0.2, 0) is 14.3 Å². The second kappa shape index (κ2) is 8.75. The molecule has 0 fully saturated rings. The lowest BCUT2D eigenvalue weighted by Gasteiger charge is -2.17. The quantitative estimate of drug-likeness (QED) is 0.452. The van der Waals surface area contributed by atoms with Gasteiger partial charge in [0.15, 0.2) is 12.2 Å². The van der Waals surface area contributed by atoms with Gasteiger partial charge in [0.05, 0.1) is 4.92 Å². The number of para-hydroxylation sites is 1. The summed E-state index contributed by atoms with van der Waals surface area (Å²) in [5.74, 6) is -2.04. The molecule has 2 aromatic carbocycles. The Morgan fingerprint density at radius 1 is 1.11 bits per heavy atom. The SMILES string of the molecule is CC(OC(=O)C(C)Oc1ccccc1)C(=O)Nc1ccc(F)c([N+](=O)[O-])c1. The molecule has 9 heteroatoms. The number of halogens is 1. The van der Waals surface area contributed by atoms with Crippen LogP contribution in [0.2, 0.25) is 0 Å². The van der Waals surface area contributed by atoms with Gasteiger partial charge in [-0.05, 0) is 38.1 Å². The highest BCUT2D eigenvalue weighted by Gasteiger charge is 2.24. The van der Waals surface area contributed by atoms with E-state index in [2.05, 4.69) is 5.32 Å². The number of benzene rings is 2. The van der Waals surface area contributed by atoms with E-state index in [4.69, 9.17) is 9.47 Å². The minimum absolute atomic E-state index is 0.00424. The Balaban J connectivity index is 1.94. The first kappa shape index (κ1) is 19.8. The van der Waals surface area contributed by atoms with Crippen LogP contribution in [0.3, 0.4) is 0 Å². The summed E-state index contributed by atoms with van der Waals surface area (Å²) in [5.41, 5.74) is -0.771. The molecule has 1 N–H and O–H groups in total. The van der Waals surface area contributed by atoms with E-state index < -0.39 is 40.5 Å². The maximum absolute atomic E-state index is 13.3. The van der Waals surface area contributed by atoms with Gasteiger partial charge in [0, 0.05) is 11.8 Å². The Kier molecular flexibility index (Phi) is 6.42. The molecule has 2 aromatic rings. The average molecular weight is 376 g/mol. The lowest BCUT2D eigenvalue weighted by Crippen LogP contribution is -2.35. The zero-order valence-corrected chi connectivity index (χ0v) is 14.5. The molecule has 2 unspecified atom stereocenters. The van der Waals surface area contributed by atoms with Crippen LogP contribution in [-0.4, -0.2) is 29.0 Å². The van der Waals surface area contributed by atoms with Crippen LogP contribution in [0.4, 0.5) is 15.8 Å². The smallest absolute Gasteiger partial charge is 0.347 e. The molecular formula is C18H17FN2O6. The van der Waals surface area contributed by atoms with Crippen molar-refractivity contribution in [1.29, 1.82) is 0 Å². The third kappa shape index (κ3) is 5.50. The molecule has 0 aliphatic carbocycles. The summed E-state index contributed by atoms with van der Waals surface area (Å²) in [6.45, 7) is 2.81. The molecule has 0 aromatic heterocycles. The van der Waals surface area contributed by atoms with Crippen LogP contribution in [0.5, 0.6) is 5.75 Å². The molecule has 2 atom stereocenters. The second-order valence-corrected chi connectivity index (χ2v) is 5.56. The van der Waals surface area contributed by atoms with Crippen molar-refractivity contribution in [2.45, 2.75) is 26.1 Å². The Morgan fingerprint density at radius 2 is 1.78 bits per heavy atom. The van der Waals surface area contributed by atoms with Crippen molar-refractivity contribution in [2.75, 3.05) is 5.32 Å². The number of hydrogen-bond donors (Lipinski definition) is 1. The molecule has 0 saturated carbocycles. The molecule has 142 valence electrons. The van der Waals surface area contributed by atoms with Crippen molar-refractivity contribution in [1.82, 2.24) is 0 Å². The van der Waals surface area contributed by atoms with Gasteiger partial charge in [0.25, 0.3) is 5.91 Å². The van der Waals surface area contributed by atoms with Gasteiger partial charge in [0.1, 0.15) is 5.75 Å². The van der Waals surface area contributed by atoms with E-state index in [1.54, 1.807) is 30.3 Å². The number of carbonyl (C=O) groups excluding carboxylic acids is 2. The number of esters is 1. The van der Waals surface area contributed by atoms with E-state index in [9.17, 15) is 24.1 Å². The summed E-state index contributed by atoms with van der Waals surface area (Å²) < 4.78 is 23.8. The second-order valence-electron chi connectivity index (χ2n) is 5.56. The van der Waals surface area contributed by atoms with E-state index in [-0.39, 0.29) is 5.69 Å². The lowest BCUT2D eigenvalue weighted by atomic mass is 10.2. The standard InChI is InChI=1S/C18H17FN2O6/c1-11(27-18(23)12(2)26-14-6-4-3-5-7-14)17(22)20-13-8-9-15(19)16(10-13)21(24)25/h3-12H,1-2H3,(H,20,22). The van der Waals surface area contributed by atoms with Gasteiger partial charge >= 0.3 is 11.7 Å². The first-order valence-electron chi connectivity index (χ1n) is 7.95. The number of hydrogen-bond acceptors (Lipinski definition) is 6.